The summed E-state index contributed by atoms with van der Waals surface area (Å²) < 4.78 is 5.95. The number of benzene rings is 3. The Morgan fingerprint density at radius 3 is 2.41 bits per heavy atom. The Labute approximate surface area is 198 Å². The van der Waals surface area contributed by atoms with Gasteiger partial charge in [-0.15, -0.1) is 0 Å². The first-order valence-corrected chi connectivity index (χ1v) is 11.4. The van der Waals surface area contributed by atoms with Crippen LogP contribution in [-0.4, -0.2) is 36.3 Å². The van der Waals surface area contributed by atoms with Crippen LogP contribution in [0.3, 0.4) is 0 Å². The van der Waals surface area contributed by atoms with Gasteiger partial charge < -0.3 is 9.64 Å². The number of para-hydroxylation sites is 1. The molecule has 0 saturated carbocycles. The number of Topliss-reactive ketones (excluding diaryl/α,β-unsaturated/α-hetero) is 1. The summed E-state index contributed by atoms with van der Waals surface area (Å²) in [5.41, 5.74) is 3.38. The number of carbonyl (C=O) groups excluding carboxylic acids is 3. The summed E-state index contributed by atoms with van der Waals surface area (Å²) in [6.07, 6.45) is 0.805. The number of carbonyl (C=O) groups is 3. The van der Waals surface area contributed by atoms with E-state index in [4.69, 9.17) is 4.74 Å². The summed E-state index contributed by atoms with van der Waals surface area (Å²) in [5, 5.41) is 0. The highest BCUT2D eigenvalue weighted by Gasteiger charge is 2.42. The number of anilines is 2. The molecule has 0 radical (unpaired) electrons. The monoisotopic (exact) mass is 454 g/mol. The molecule has 0 fully saturated rings. The van der Waals surface area contributed by atoms with Crippen LogP contribution in [0.5, 0.6) is 5.75 Å². The van der Waals surface area contributed by atoms with Crippen molar-refractivity contribution >= 4 is 29.0 Å². The largest absolute Gasteiger partial charge is 0.476 e. The lowest BCUT2D eigenvalue weighted by Crippen LogP contribution is -2.54. The molecule has 172 valence electrons. The van der Waals surface area contributed by atoms with E-state index in [0.29, 0.717) is 29.1 Å². The van der Waals surface area contributed by atoms with Crippen LogP contribution in [-0.2, 0) is 11.2 Å². The fourth-order valence-corrected chi connectivity index (χ4v) is 4.54. The van der Waals surface area contributed by atoms with Crippen molar-refractivity contribution in [2.24, 2.45) is 0 Å². The van der Waals surface area contributed by atoms with E-state index in [0.717, 1.165) is 23.2 Å². The molecule has 2 heterocycles. The molecule has 3 aromatic rings. The predicted molar refractivity (Wildman–Crippen MR) is 131 cm³/mol. The summed E-state index contributed by atoms with van der Waals surface area (Å²) >= 11 is 0. The van der Waals surface area contributed by atoms with Crippen LogP contribution in [0.4, 0.5) is 11.4 Å². The highest BCUT2D eigenvalue weighted by Crippen LogP contribution is 2.39. The van der Waals surface area contributed by atoms with Gasteiger partial charge in [0.2, 0.25) is 0 Å². The molecule has 3 aromatic carbocycles. The molecule has 0 saturated heterocycles. The Kier molecular flexibility index (Phi) is 5.24. The molecule has 0 aliphatic carbocycles. The third kappa shape index (κ3) is 3.75. The van der Waals surface area contributed by atoms with Crippen molar-refractivity contribution in [2.75, 3.05) is 22.9 Å². The normalized spacial score (nSPS) is 16.0. The number of hydrogen-bond donors (Lipinski definition) is 0. The van der Waals surface area contributed by atoms with Crippen molar-refractivity contribution in [1.29, 1.82) is 0 Å². The number of nitrogens with zero attached hydrogens (tertiary/aromatic N) is 2. The van der Waals surface area contributed by atoms with Crippen LogP contribution in [0.25, 0.3) is 0 Å². The molecule has 0 spiro atoms. The standard InChI is InChI=1S/C28H26N2O4/c1-18-8-10-20(11-9-18)24(31)17-30-23-16-21(12-13-25(23)34-28(2,3)27(30)33)26(32)29-15-14-19-6-4-5-7-22(19)29/h4-13,16H,14-15,17H2,1-3H3. The first-order chi connectivity index (χ1) is 16.2. The number of hydrogen-bond acceptors (Lipinski definition) is 4. The number of aryl methyl sites for hydroxylation is 1. The Morgan fingerprint density at radius 2 is 1.65 bits per heavy atom. The molecule has 2 aliphatic rings. The average molecular weight is 455 g/mol. The zero-order valence-corrected chi connectivity index (χ0v) is 19.5. The molecule has 6 heteroatoms. The Morgan fingerprint density at radius 1 is 0.941 bits per heavy atom. The maximum Gasteiger partial charge on any atom is 0.271 e. The molecular formula is C28H26N2O4. The van der Waals surface area contributed by atoms with Gasteiger partial charge in [-0.25, -0.2) is 0 Å². The van der Waals surface area contributed by atoms with Crippen LogP contribution < -0.4 is 14.5 Å². The van der Waals surface area contributed by atoms with E-state index in [9.17, 15) is 14.4 Å². The quantitative estimate of drug-likeness (QED) is 0.541. The highest BCUT2D eigenvalue weighted by atomic mass is 16.5. The van der Waals surface area contributed by atoms with Gasteiger partial charge in [-0.05, 0) is 57.0 Å². The minimum atomic E-state index is -1.13. The summed E-state index contributed by atoms with van der Waals surface area (Å²) in [6.45, 7) is 5.79. The van der Waals surface area contributed by atoms with Crippen LogP contribution in [0.15, 0.2) is 66.7 Å². The summed E-state index contributed by atoms with van der Waals surface area (Å²) in [6, 6.07) is 20.2. The van der Waals surface area contributed by atoms with E-state index < -0.39 is 5.60 Å². The molecule has 0 unspecified atom stereocenters. The van der Waals surface area contributed by atoms with Gasteiger partial charge in [-0.2, -0.15) is 0 Å². The van der Waals surface area contributed by atoms with Crippen LogP contribution in [0.2, 0.25) is 0 Å². The summed E-state index contributed by atoms with van der Waals surface area (Å²) in [4.78, 5) is 42.9. The lowest BCUT2D eigenvalue weighted by atomic mass is 10.0. The van der Waals surface area contributed by atoms with E-state index in [2.05, 4.69) is 0 Å². The van der Waals surface area contributed by atoms with E-state index >= 15 is 0 Å². The SMILES string of the molecule is Cc1ccc(C(=O)CN2C(=O)C(C)(C)Oc3ccc(C(=O)N4CCc5ccccc54)cc32)cc1. The summed E-state index contributed by atoms with van der Waals surface area (Å²) in [7, 11) is 0. The Balaban J connectivity index is 1.49. The molecule has 0 N–H and O–H groups in total. The van der Waals surface area contributed by atoms with E-state index in [-0.39, 0.29) is 24.1 Å². The molecule has 34 heavy (non-hydrogen) atoms. The summed E-state index contributed by atoms with van der Waals surface area (Å²) in [5.74, 6) is -0.173. The second-order valence-corrected chi connectivity index (χ2v) is 9.31. The fourth-order valence-electron chi connectivity index (χ4n) is 4.54. The Bertz CT molecular complexity index is 1310. The average Bonchev–Trinajstić information content (AvgIpc) is 3.26. The molecule has 6 nitrogen and oxygen atoms in total. The highest BCUT2D eigenvalue weighted by molar-refractivity contribution is 6.12. The Hall–Kier alpha value is -3.93. The van der Waals surface area contributed by atoms with Gasteiger partial charge in [0, 0.05) is 23.4 Å². The van der Waals surface area contributed by atoms with Gasteiger partial charge in [-0.1, -0.05) is 48.0 Å². The van der Waals surface area contributed by atoms with Gasteiger partial charge in [-0.3, -0.25) is 19.3 Å². The van der Waals surface area contributed by atoms with Crippen molar-refractivity contribution in [1.82, 2.24) is 0 Å². The molecule has 2 aliphatic heterocycles. The lowest BCUT2D eigenvalue weighted by Gasteiger charge is -2.38. The maximum absolute atomic E-state index is 13.4. The second kappa shape index (κ2) is 8.13. The van der Waals surface area contributed by atoms with E-state index in [1.54, 1.807) is 49.1 Å². The van der Waals surface area contributed by atoms with Crippen LogP contribution in [0, 0.1) is 6.92 Å². The minimum absolute atomic E-state index is 0.133. The van der Waals surface area contributed by atoms with Crippen molar-refractivity contribution in [2.45, 2.75) is 32.8 Å². The van der Waals surface area contributed by atoms with Crippen molar-refractivity contribution < 1.29 is 19.1 Å². The minimum Gasteiger partial charge on any atom is -0.476 e. The topological polar surface area (TPSA) is 66.9 Å². The smallest absolute Gasteiger partial charge is 0.271 e. The van der Waals surface area contributed by atoms with Crippen LogP contribution >= 0.6 is 0 Å². The maximum atomic E-state index is 13.4. The molecule has 5 rings (SSSR count). The van der Waals surface area contributed by atoms with Crippen molar-refractivity contribution in [3.05, 3.63) is 89.0 Å². The number of amides is 2. The van der Waals surface area contributed by atoms with Gasteiger partial charge in [0.05, 0.1) is 12.2 Å². The number of ketones is 1. The third-order valence-electron chi connectivity index (χ3n) is 6.43. The number of fused-ring (bicyclic) bond motifs is 2. The zero-order chi connectivity index (χ0) is 24.0. The van der Waals surface area contributed by atoms with Crippen molar-refractivity contribution in [3.63, 3.8) is 0 Å². The number of rotatable bonds is 4. The first kappa shape index (κ1) is 21.9. The number of ether oxygens (including phenoxy) is 1. The molecule has 2 amide bonds. The third-order valence-corrected chi connectivity index (χ3v) is 6.43. The molecule has 0 atom stereocenters. The van der Waals surface area contributed by atoms with Crippen LogP contribution in [0.1, 0.15) is 45.7 Å². The van der Waals surface area contributed by atoms with Gasteiger partial charge in [0.1, 0.15) is 5.75 Å². The van der Waals surface area contributed by atoms with E-state index in [1.807, 2.05) is 43.3 Å². The van der Waals surface area contributed by atoms with Crippen molar-refractivity contribution in [3.8, 4) is 5.75 Å². The van der Waals surface area contributed by atoms with Gasteiger partial charge in [0.25, 0.3) is 11.8 Å². The fraction of sp³-hybridized carbons (Fsp3) is 0.250. The molecule has 0 bridgehead atoms. The predicted octanol–water partition coefficient (Wildman–Crippen LogP) is 4.58. The second-order valence-electron chi connectivity index (χ2n) is 9.31. The molecular weight excluding hydrogens is 428 g/mol. The van der Waals surface area contributed by atoms with Gasteiger partial charge >= 0.3 is 0 Å². The zero-order valence-electron chi connectivity index (χ0n) is 19.5. The van der Waals surface area contributed by atoms with E-state index in [1.165, 1.54) is 4.90 Å². The molecule has 0 aromatic heterocycles. The lowest BCUT2D eigenvalue weighted by molar-refractivity contribution is -0.132. The first-order valence-electron chi connectivity index (χ1n) is 11.4. The van der Waals surface area contributed by atoms with Gasteiger partial charge in [0.15, 0.2) is 11.4 Å².